The van der Waals surface area contributed by atoms with Crippen molar-refractivity contribution in [3.05, 3.63) is 434 Å². The van der Waals surface area contributed by atoms with Crippen LogP contribution in [0.15, 0.2) is 346 Å². The molecule has 0 spiro atoms. The zero-order chi connectivity index (χ0) is 97.0. The van der Waals surface area contributed by atoms with Gasteiger partial charge in [0.1, 0.15) is 0 Å². The van der Waals surface area contributed by atoms with Crippen molar-refractivity contribution in [1.29, 1.82) is 0 Å². The number of aliphatic hydroxyl groups is 3. The maximum atomic E-state index is 13.5. The number of pyridine rings is 6. The first-order valence-electron chi connectivity index (χ1n) is 41.3. The number of allylic oxidation sites excluding steroid dienone is 6. The number of halogens is 4. The number of thiophene rings is 1. The molecule has 0 amide bonds. The molecule has 6 radical (unpaired) electrons. The van der Waals surface area contributed by atoms with Crippen molar-refractivity contribution < 1.29 is 188 Å². The fourth-order valence-corrected chi connectivity index (χ4v) is 12.9. The summed E-state index contributed by atoms with van der Waals surface area (Å²) in [5.41, 5.74) is 12.4. The zero-order valence-corrected chi connectivity index (χ0v) is 92.2. The van der Waals surface area contributed by atoms with E-state index in [2.05, 4.69) is 131 Å². The standard InChI is InChI=1S/3C15H10N.C13H10F2N.C13H8NS.C11H6F2N.2C6H8N2O2.3C5H8O2.6Ir/c2*1-2-7-13(8-3-1)15-14-9-5-4-6-12(14)10-11-16-15;1-2-6-12(7-3-1)15-11-10-13-8-4-5-9-14(13)16-15;1-2-9-5-6-16-13(7-9)11-4-3-10(14)8-12(11)15;1-2-7-12-10(5-1)9-13(15-12)11-6-3-4-8-14-11;12-8-4-5-9(10(13)7-8)11-3-1-2-6-14-11;2*1-4-3-5(6(9)10)7-8(4)2;3*1-4(6)3-5(2)7;;;;;;/h2*1-7,9-11H;1-6,8-11H;3,5-8H,2H2,1H3;1-8H;1-4,6-7H;2*3H,1-2H3,(H,9,10);3*3,6H,1-2H3;;;;;;/q6*-1;;;;;;;;;;;. The minimum absolute atomic E-state index is 0. The summed E-state index contributed by atoms with van der Waals surface area (Å²) < 4.78 is 56.3. The molecule has 9 aromatic carbocycles. The van der Waals surface area contributed by atoms with E-state index in [0.717, 1.165) is 97.5 Å². The van der Waals surface area contributed by atoms with E-state index in [1.807, 2.05) is 189 Å². The van der Waals surface area contributed by atoms with Gasteiger partial charge in [-0.25, -0.2) is 20.9 Å². The average Bonchev–Trinajstić information content (AvgIpc) is 1.79. The molecule has 18 rings (SSSR count). The Labute approximate surface area is 895 Å². The summed E-state index contributed by atoms with van der Waals surface area (Å²) in [6.45, 7) is 14.2. The Balaban J connectivity index is 0.000000525. The number of benzene rings is 9. The number of ketones is 3. The van der Waals surface area contributed by atoms with Gasteiger partial charge in [-0.05, 0) is 175 Å². The number of carboxylic acid groups (broad SMARTS) is 2. The van der Waals surface area contributed by atoms with Gasteiger partial charge in [-0.2, -0.15) is 10.2 Å². The Morgan fingerprint density at radius 2 is 0.779 bits per heavy atom. The van der Waals surface area contributed by atoms with Gasteiger partial charge in [0.05, 0.1) is 22.8 Å². The molecule has 5 N–H and O–H groups in total. The maximum Gasteiger partial charge on any atom is 0.356 e. The molecule has 20 nitrogen and oxygen atoms in total. The number of aliphatic hydroxyl groups excluding tert-OH is 3. The number of para-hydroxylation sites is 1. The van der Waals surface area contributed by atoms with Gasteiger partial charge in [0.2, 0.25) is 0 Å². The number of aromatic nitrogens is 10. The molecular weight excluding hydrogens is 2870 g/mol. The monoisotopic (exact) mass is 2970 g/mol. The molecule has 18 aromatic rings. The van der Waals surface area contributed by atoms with Gasteiger partial charge in [0.25, 0.3) is 0 Å². The Morgan fingerprint density at radius 3 is 1.16 bits per heavy atom. The molecule has 0 fully saturated rings. The number of nitrogens with zero attached hydrogens (tertiary/aromatic N) is 10. The van der Waals surface area contributed by atoms with Crippen molar-refractivity contribution >= 4 is 83.2 Å². The Morgan fingerprint density at radius 1 is 0.386 bits per heavy atom. The van der Waals surface area contributed by atoms with Crippen LogP contribution < -0.4 is 0 Å². The summed E-state index contributed by atoms with van der Waals surface area (Å²) in [7, 11) is 3.42. The summed E-state index contributed by atoms with van der Waals surface area (Å²) >= 11 is 1.73. The molecule has 0 saturated carbocycles. The number of hydrogen-bond donors (Lipinski definition) is 5. The van der Waals surface area contributed by atoms with Crippen LogP contribution in [0.25, 0.3) is 109 Å². The van der Waals surface area contributed by atoms with Gasteiger partial charge in [-0.1, -0.05) is 157 Å². The fraction of sp³-hybridized carbons (Fsp3) is 0.110. The minimum Gasteiger partial charge on any atom is -0.512 e. The number of rotatable bonds is 12. The van der Waals surface area contributed by atoms with Gasteiger partial charge >= 0.3 is 11.9 Å². The number of carbonyl (C=O) groups is 5. The molecule has 0 bridgehead atoms. The maximum absolute atomic E-state index is 13.5. The Hall–Kier alpha value is -12.8. The van der Waals surface area contributed by atoms with Crippen LogP contribution in [-0.4, -0.2) is 104 Å². The number of fused-ring (bicyclic) bond motifs is 4. The molecule has 0 saturated heterocycles. The average molecular weight is 2970 g/mol. The summed E-state index contributed by atoms with van der Waals surface area (Å²) in [5.74, 6) is -4.71. The van der Waals surface area contributed by atoms with Crippen LogP contribution in [0.4, 0.5) is 17.6 Å². The Kier molecular flexibility index (Phi) is 57.4. The van der Waals surface area contributed by atoms with Crippen LogP contribution in [0.1, 0.15) is 86.4 Å². The molecule has 0 unspecified atom stereocenters. The van der Waals surface area contributed by atoms with Crippen molar-refractivity contribution in [3.8, 4) is 66.9 Å². The zero-order valence-electron chi connectivity index (χ0n) is 77.1. The second-order valence-corrected chi connectivity index (χ2v) is 29.9. The first-order valence-corrected chi connectivity index (χ1v) is 42.1. The van der Waals surface area contributed by atoms with Gasteiger partial charge in [-0.15, -0.1) is 156 Å². The smallest absolute Gasteiger partial charge is 0.356 e. The van der Waals surface area contributed by atoms with Crippen LogP contribution >= 0.6 is 11.3 Å². The second-order valence-electron chi connectivity index (χ2n) is 28.8. The normalized spacial score (nSPS) is 10.1. The van der Waals surface area contributed by atoms with Crippen molar-refractivity contribution in [2.45, 2.75) is 68.7 Å². The van der Waals surface area contributed by atoms with Crippen LogP contribution in [0.5, 0.6) is 0 Å². The fourth-order valence-electron chi connectivity index (χ4n) is 11.9. The third kappa shape index (κ3) is 42.1. The number of hydrogen-bond acceptors (Lipinski definition) is 17. The number of aromatic carboxylic acids is 2. The number of carbonyl (C=O) groups excluding carboxylic acids is 3. The van der Waals surface area contributed by atoms with Crippen molar-refractivity contribution in [3.63, 3.8) is 0 Å². The van der Waals surface area contributed by atoms with E-state index in [-0.39, 0.29) is 178 Å². The van der Waals surface area contributed by atoms with Crippen molar-refractivity contribution in [2.24, 2.45) is 14.1 Å². The van der Waals surface area contributed by atoms with Gasteiger partial charge < -0.3 is 50.5 Å². The van der Waals surface area contributed by atoms with Crippen molar-refractivity contribution in [1.82, 2.24) is 49.5 Å². The predicted molar refractivity (Wildman–Crippen MR) is 519 cm³/mol. The molecule has 734 valence electrons. The van der Waals surface area contributed by atoms with Crippen LogP contribution in [0.3, 0.4) is 0 Å². The topological polar surface area (TPSA) is 299 Å². The molecule has 0 atom stereocenters. The third-order valence-corrected chi connectivity index (χ3v) is 19.2. The molecule has 0 aliphatic rings. The van der Waals surface area contributed by atoms with Crippen molar-refractivity contribution in [2.75, 3.05) is 0 Å². The van der Waals surface area contributed by atoms with E-state index in [0.29, 0.717) is 11.4 Å². The minimum atomic E-state index is -0.983. The molecule has 9 heterocycles. The van der Waals surface area contributed by atoms with Gasteiger partial charge in [0.15, 0.2) is 28.7 Å². The predicted octanol–water partition coefficient (Wildman–Crippen LogP) is 25.0. The van der Waals surface area contributed by atoms with Gasteiger partial charge in [0, 0.05) is 224 Å². The van der Waals surface area contributed by atoms with E-state index >= 15 is 0 Å². The van der Waals surface area contributed by atoms with E-state index in [4.69, 9.17) is 25.5 Å². The second kappa shape index (κ2) is 65.2. The first kappa shape index (κ1) is 123. The number of aryl methyl sites for hydroxylation is 5. The molecular formula is C109H94F4Ir6N10O10S-6. The first-order chi connectivity index (χ1) is 64.3. The summed E-state index contributed by atoms with van der Waals surface area (Å²) in [6.07, 6.45) is 13.0. The molecule has 31 heteroatoms. The van der Waals surface area contributed by atoms with E-state index in [1.165, 1.54) is 118 Å². The van der Waals surface area contributed by atoms with E-state index in [1.54, 1.807) is 75.9 Å². The third-order valence-electron chi connectivity index (χ3n) is 18.1. The van der Waals surface area contributed by atoms with Crippen LogP contribution in [0.2, 0.25) is 0 Å². The largest absolute Gasteiger partial charge is 0.512 e. The summed E-state index contributed by atoms with van der Waals surface area (Å²) in [5, 5.41) is 56.5. The molecule has 140 heavy (non-hydrogen) atoms. The van der Waals surface area contributed by atoms with E-state index in [9.17, 15) is 41.5 Å². The molecule has 9 aromatic heterocycles. The number of carboxylic acids is 2. The van der Waals surface area contributed by atoms with E-state index < -0.39 is 35.2 Å². The van der Waals surface area contributed by atoms with Crippen LogP contribution in [0, 0.1) is 73.5 Å². The summed E-state index contributed by atoms with van der Waals surface area (Å²) in [4.78, 5) is 77.6. The molecule has 0 aliphatic heterocycles. The molecule has 0 aliphatic carbocycles. The van der Waals surface area contributed by atoms with Gasteiger partial charge in [-0.3, -0.25) is 46.3 Å². The Bertz CT molecular complexity index is 6680. The quantitative estimate of drug-likeness (QED) is 0.0328. The summed E-state index contributed by atoms with van der Waals surface area (Å²) in [6, 6.07) is 105. The van der Waals surface area contributed by atoms with Crippen LogP contribution in [-0.2, 0) is 156 Å². The SMILES string of the molecule is CC(=O)C=C(C)O.CC(=O)C=C(C)O.CC(=O)C=C(C)O.CCc1ccnc(-c2[c-]cc(F)cc2F)c1.Cc1cc(C(=O)O)nn1C.Cc1cc(C(=O)O)nn1C.Fc1c[c-]c(-c2ccccn2)c(F)c1.[Ir].[Ir].[Ir].[Ir].[Ir].[Ir].[c-]1c(-c2ccccn2)sc2ccccc12.[c-]1ccccc1-c1ccc2ccccc2n1.[c-]1ccccc1-c1nccc2ccccc12.[c-]1ccccc1-c1nccc2ccccc12.